The Morgan fingerprint density at radius 3 is 1.39 bits per heavy atom. The van der Waals surface area contributed by atoms with E-state index in [1.807, 2.05) is 21.1 Å². The van der Waals surface area contributed by atoms with E-state index in [1.54, 1.807) is 0 Å². The number of quaternary nitrogens is 1. The molecule has 1 atom stereocenters. The fourth-order valence-electron chi connectivity index (χ4n) is 4.14. The van der Waals surface area contributed by atoms with Crippen LogP contribution in [-0.4, -0.2) is 52.4 Å². The molecule has 0 spiro atoms. The molecule has 0 aromatic heterocycles. The Morgan fingerprint density at radius 2 is 1.03 bits per heavy atom. The molecule has 0 fully saturated rings. The van der Waals surface area contributed by atoms with Crippen molar-refractivity contribution >= 4 is 7.60 Å². The lowest BCUT2D eigenvalue weighted by atomic mass is 10.1. The molecule has 0 heterocycles. The van der Waals surface area contributed by atoms with Crippen LogP contribution in [-0.2, 0) is 4.57 Å². The van der Waals surface area contributed by atoms with E-state index in [-0.39, 0.29) is 13.0 Å². The summed E-state index contributed by atoms with van der Waals surface area (Å²) in [6.07, 6.45) is 28.4. The van der Waals surface area contributed by atoms with E-state index < -0.39 is 12.9 Å². The van der Waals surface area contributed by atoms with Gasteiger partial charge in [0.2, 0.25) is 5.34 Å². The van der Waals surface area contributed by atoms with Crippen LogP contribution in [0.15, 0.2) is 24.3 Å². The zero-order valence-electron chi connectivity index (χ0n) is 22.2. The van der Waals surface area contributed by atoms with Crippen LogP contribution in [0.4, 0.5) is 0 Å². The summed E-state index contributed by atoms with van der Waals surface area (Å²) in [5, 5.41) is 8.62. The minimum absolute atomic E-state index is 0.0518. The topological polar surface area (TPSA) is 77.8 Å². The maximum atomic E-state index is 11.8. The first-order valence-electron chi connectivity index (χ1n) is 13.4. The van der Waals surface area contributed by atoms with E-state index in [4.69, 9.17) is 0 Å². The molecule has 0 aliphatic heterocycles. The van der Waals surface area contributed by atoms with Gasteiger partial charge in [-0.15, -0.1) is 0 Å². The molecule has 0 saturated carbocycles. The predicted molar refractivity (Wildman–Crippen MR) is 142 cm³/mol. The Morgan fingerprint density at radius 1 is 0.667 bits per heavy atom. The van der Waals surface area contributed by atoms with Gasteiger partial charge in [-0.05, 0) is 64.2 Å². The minimum Gasteiger partial charge on any atom is -0.373 e. The van der Waals surface area contributed by atoms with E-state index in [0.29, 0.717) is 10.9 Å². The van der Waals surface area contributed by atoms with Crippen molar-refractivity contribution in [3.05, 3.63) is 24.3 Å². The van der Waals surface area contributed by atoms with Gasteiger partial charge < -0.3 is 19.4 Å². The van der Waals surface area contributed by atoms with Crippen LogP contribution in [0.2, 0.25) is 0 Å². The Bertz CT molecular complexity index is 565. The third kappa shape index (κ3) is 19.5. The van der Waals surface area contributed by atoms with Gasteiger partial charge in [-0.25, -0.2) is 0 Å². The highest BCUT2D eigenvalue weighted by Crippen LogP contribution is 2.52. The summed E-state index contributed by atoms with van der Waals surface area (Å²) in [6, 6.07) is 0. The summed E-state index contributed by atoms with van der Waals surface area (Å²) in [7, 11) is 0.952. The number of hydrogen-bond acceptors (Lipinski definition) is 2. The van der Waals surface area contributed by atoms with Gasteiger partial charge in [0.25, 0.3) is 0 Å². The molecule has 0 aliphatic rings. The van der Waals surface area contributed by atoms with Gasteiger partial charge in [-0.3, -0.25) is 4.57 Å². The monoisotopic (exact) mass is 488 g/mol. The Kier molecular flexibility index (Phi) is 18.6. The van der Waals surface area contributed by atoms with Crippen molar-refractivity contribution in [2.24, 2.45) is 0 Å². The summed E-state index contributed by atoms with van der Waals surface area (Å²) in [5.74, 6) is 0. The normalized spacial score (nSPS) is 15.0. The largest absolute Gasteiger partial charge is 0.373 e. The molecular weight excluding hydrogens is 433 g/mol. The smallest absolute Gasteiger partial charge is 0.362 e. The van der Waals surface area contributed by atoms with Gasteiger partial charge in [0, 0.05) is 0 Å². The molecule has 0 radical (unpaired) electrons. The number of likely N-dealkylation sites (N-methyl/N-ethyl adjacent to an activating group) is 1. The maximum absolute atomic E-state index is 11.8. The first kappa shape index (κ1) is 32.5. The van der Waals surface area contributed by atoms with E-state index in [1.165, 1.54) is 64.2 Å². The lowest BCUT2D eigenvalue weighted by Gasteiger charge is -2.35. The zero-order valence-corrected chi connectivity index (χ0v) is 23.1. The maximum Gasteiger partial charge on any atom is 0.362 e. The Balaban J connectivity index is 3.64. The van der Waals surface area contributed by atoms with E-state index in [2.05, 4.69) is 31.2 Å². The highest BCUT2D eigenvalue weighted by Gasteiger charge is 2.48. The van der Waals surface area contributed by atoms with Crippen molar-refractivity contribution in [2.75, 3.05) is 27.7 Å². The fourth-order valence-corrected chi connectivity index (χ4v) is 5.20. The number of nitrogens with zero attached hydrogens (tertiary/aromatic N) is 1. The first-order chi connectivity index (χ1) is 15.5. The number of rotatable bonds is 22. The van der Waals surface area contributed by atoms with E-state index in [0.717, 1.165) is 32.1 Å². The summed E-state index contributed by atoms with van der Waals surface area (Å²) in [4.78, 5) is 19.2. The second-order valence-corrected chi connectivity index (χ2v) is 12.6. The van der Waals surface area contributed by atoms with Gasteiger partial charge in [-0.1, -0.05) is 76.2 Å². The molecule has 0 aromatic rings. The van der Waals surface area contributed by atoms with Crippen LogP contribution in [0.5, 0.6) is 0 Å². The average molecular weight is 489 g/mol. The van der Waals surface area contributed by atoms with Crippen LogP contribution in [0.3, 0.4) is 0 Å². The molecule has 0 aliphatic carbocycles. The second kappa shape index (κ2) is 18.8. The van der Waals surface area contributed by atoms with Gasteiger partial charge in [-0.2, -0.15) is 0 Å². The van der Waals surface area contributed by atoms with Crippen LogP contribution in [0.1, 0.15) is 116 Å². The molecular formula is C27H55NO4P+. The molecule has 0 aromatic carbocycles. The van der Waals surface area contributed by atoms with Crippen LogP contribution in [0, 0.1) is 0 Å². The third-order valence-electron chi connectivity index (χ3n) is 6.02. The van der Waals surface area contributed by atoms with Crippen molar-refractivity contribution < 1.29 is 23.9 Å². The molecule has 5 nitrogen and oxygen atoms in total. The fraction of sp³-hybridized carbons (Fsp3) is 0.852. The average Bonchev–Trinajstić information content (AvgIpc) is 2.70. The van der Waals surface area contributed by atoms with Crippen molar-refractivity contribution in [3.8, 4) is 0 Å². The number of aliphatic hydroxyl groups is 1. The first-order valence-corrected chi connectivity index (χ1v) is 15.0. The Hall–Kier alpha value is -0.450. The molecule has 196 valence electrons. The van der Waals surface area contributed by atoms with Gasteiger partial charge in [0.1, 0.15) is 6.54 Å². The lowest BCUT2D eigenvalue weighted by molar-refractivity contribution is -0.875. The molecule has 0 bridgehead atoms. The molecule has 3 N–H and O–H groups in total. The van der Waals surface area contributed by atoms with Crippen molar-refractivity contribution in [1.29, 1.82) is 0 Å². The summed E-state index contributed by atoms with van der Waals surface area (Å²) < 4.78 is 12.1. The van der Waals surface area contributed by atoms with Crippen LogP contribution in [0.25, 0.3) is 0 Å². The predicted octanol–water partition coefficient (Wildman–Crippen LogP) is 7.32. The highest BCUT2D eigenvalue weighted by molar-refractivity contribution is 7.53. The second-order valence-electron chi connectivity index (χ2n) is 10.7. The number of unbranched alkanes of at least 4 members (excludes halogenated alkanes) is 13. The molecule has 0 saturated heterocycles. The zero-order chi connectivity index (χ0) is 25.1. The quantitative estimate of drug-likeness (QED) is 0.0645. The standard InChI is InChI=1S/C27H54NO4P/c1-5-6-7-8-9-10-11-12-13-14-15-16-17-18-19-20-21-22-23-24-25-27(29,33(30,31)32)26-28(2,3)4/h9-10,18-19,29H,5-8,11-17,20-26H2,1-4H3,(H-,30,31,32)/p+1/b10-9-,19-18-. The van der Waals surface area contributed by atoms with Crippen molar-refractivity contribution in [3.63, 3.8) is 0 Å². The molecule has 33 heavy (non-hydrogen) atoms. The summed E-state index contributed by atoms with van der Waals surface area (Å²) in [5.41, 5.74) is 0. The highest BCUT2D eigenvalue weighted by atomic mass is 31.2. The van der Waals surface area contributed by atoms with Gasteiger partial charge in [0.15, 0.2) is 0 Å². The molecule has 0 rings (SSSR count). The van der Waals surface area contributed by atoms with Gasteiger partial charge >= 0.3 is 7.60 Å². The number of hydrogen-bond donors (Lipinski definition) is 3. The Labute approximate surface area is 205 Å². The van der Waals surface area contributed by atoms with E-state index >= 15 is 0 Å². The van der Waals surface area contributed by atoms with E-state index in [9.17, 15) is 19.5 Å². The summed E-state index contributed by atoms with van der Waals surface area (Å²) in [6.45, 7) is 2.30. The molecule has 0 amide bonds. The SMILES string of the molecule is CCCCC/C=C\CCCCCCC/C=C\CCCCCCC(O)(C[N+](C)(C)C)P(=O)(O)O. The van der Waals surface area contributed by atoms with Crippen molar-refractivity contribution in [2.45, 2.75) is 121 Å². The van der Waals surface area contributed by atoms with Crippen LogP contribution >= 0.6 is 7.60 Å². The van der Waals surface area contributed by atoms with Crippen LogP contribution < -0.4 is 0 Å². The minimum atomic E-state index is -4.55. The molecule has 6 heteroatoms. The van der Waals surface area contributed by atoms with Gasteiger partial charge in [0.05, 0.1) is 21.1 Å². The summed E-state index contributed by atoms with van der Waals surface area (Å²) >= 11 is 0. The molecule has 1 unspecified atom stereocenters. The lowest BCUT2D eigenvalue weighted by Crippen LogP contribution is -2.49. The van der Waals surface area contributed by atoms with Crippen molar-refractivity contribution in [1.82, 2.24) is 0 Å². The number of allylic oxidation sites excluding steroid dienone is 4. The third-order valence-corrected chi connectivity index (χ3v) is 7.47.